The third-order valence-electron chi connectivity index (χ3n) is 5.79. The fraction of sp³-hybridized carbons (Fsp3) is 0.720. The lowest BCUT2D eigenvalue weighted by Crippen LogP contribution is -2.45. The number of benzene rings is 1. The molecular weight excluding hydrogens is 378 g/mol. The molecular formula is C25H41NO4. The van der Waals surface area contributed by atoms with Crippen LogP contribution in [0.2, 0.25) is 0 Å². The number of hydrogen-bond donors (Lipinski definition) is 1. The zero-order chi connectivity index (χ0) is 22.3. The average Bonchev–Trinajstić information content (AvgIpc) is 2.68. The molecule has 0 saturated carbocycles. The summed E-state index contributed by atoms with van der Waals surface area (Å²) in [6, 6.07) is 4.32. The highest BCUT2D eigenvalue weighted by Crippen LogP contribution is 2.38. The molecule has 0 bridgehead atoms. The molecule has 0 aromatic heterocycles. The van der Waals surface area contributed by atoms with Gasteiger partial charge in [-0.15, -0.1) is 0 Å². The van der Waals surface area contributed by atoms with Crippen LogP contribution in [0.5, 0.6) is 11.5 Å². The smallest absolute Gasteiger partial charge is 0.306 e. The number of ether oxygens (including phenoxy) is 3. The zero-order valence-corrected chi connectivity index (χ0v) is 19.9. The second-order valence-electron chi connectivity index (χ2n) is 9.37. The Hall–Kier alpha value is -1.75. The van der Waals surface area contributed by atoms with E-state index in [1.807, 2.05) is 0 Å². The number of carbonyl (C=O) groups excluding carboxylic acids is 1. The molecule has 1 aromatic carbocycles. The van der Waals surface area contributed by atoms with Crippen molar-refractivity contribution >= 4 is 5.97 Å². The first-order valence-electron chi connectivity index (χ1n) is 11.5. The van der Waals surface area contributed by atoms with Gasteiger partial charge in [0, 0.05) is 31.3 Å². The van der Waals surface area contributed by atoms with Crippen molar-refractivity contribution in [2.24, 2.45) is 17.8 Å². The van der Waals surface area contributed by atoms with Crippen LogP contribution in [0.3, 0.4) is 0 Å². The molecule has 0 radical (unpaired) electrons. The summed E-state index contributed by atoms with van der Waals surface area (Å²) in [5.74, 6) is 2.64. The summed E-state index contributed by atoms with van der Waals surface area (Å²) in [5.41, 5.74) is 2.49. The highest BCUT2D eigenvalue weighted by molar-refractivity contribution is 5.69. The molecule has 2 rings (SSSR count). The van der Waals surface area contributed by atoms with Gasteiger partial charge >= 0.3 is 5.97 Å². The second-order valence-corrected chi connectivity index (χ2v) is 9.37. The minimum Gasteiger partial charge on any atom is -0.493 e. The molecule has 3 atom stereocenters. The van der Waals surface area contributed by atoms with Crippen LogP contribution >= 0.6 is 0 Å². The standard InChI is InChI=1S/C25H41NO4/c1-8-9-18-12-23(28-6)24(29-7)13-20(18)21-14-22(30-25(27)11-17(4)5)19(15-26-21)10-16(2)3/h12-13,16-17,19,21-22,26H,8-11,14-15H2,1-7H3/t19-,21-,22-/m1/s1. The largest absolute Gasteiger partial charge is 0.493 e. The van der Waals surface area contributed by atoms with Gasteiger partial charge in [-0.25, -0.2) is 0 Å². The molecule has 0 amide bonds. The monoisotopic (exact) mass is 419 g/mol. The molecule has 1 saturated heterocycles. The quantitative estimate of drug-likeness (QED) is 0.521. The summed E-state index contributed by atoms with van der Waals surface area (Å²) in [6.07, 6.45) is 4.27. The topological polar surface area (TPSA) is 56.8 Å². The van der Waals surface area contributed by atoms with E-state index < -0.39 is 0 Å². The van der Waals surface area contributed by atoms with E-state index in [1.54, 1.807) is 14.2 Å². The lowest BCUT2D eigenvalue weighted by Gasteiger charge is -2.38. The van der Waals surface area contributed by atoms with Crippen molar-refractivity contribution in [2.45, 2.75) is 78.9 Å². The molecule has 0 unspecified atom stereocenters. The van der Waals surface area contributed by atoms with Gasteiger partial charge in [-0.3, -0.25) is 4.79 Å². The van der Waals surface area contributed by atoms with Crippen molar-refractivity contribution in [2.75, 3.05) is 20.8 Å². The molecule has 1 heterocycles. The van der Waals surface area contributed by atoms with Gasteiger partial charge in [-0.2, -0.15) is 0 Å². The van der Waals surface area contributed by atoms with Crippen LogP contribution in [0.4, 0.5) is 0 Å². The van der Waals surface area contributed by atoms with E-state index in [9.17, 15) is 4.79 Å². The fourth-order valence-electron chi connectivity index (χ4n) is 4.45. The highest BCUT2D eigenvalue weighted by Gasteiger charge is 2.35. The summed E-state index contributed by atoms with van der Waals surface area (Å²) in [6.45, 7) is 11.6. The van der Waals surface area contributed by atoms with Gasteiger partial charge in [0.1, 0.15) is 6.10 Å². The van der Waals surface area contributed by atoms with Gasteiger partial charge in [0.15, 0.2) is 11.5 Å². The van der Waals surface area contributed by atoms with Crippen molar-refractivity contribution in [1.82, 2.24) is 5.32 Å². The Morgan fingerprint density at radius 3 is 2.33 bits per heavy atom. The molecule has 0 spiro atoms. The molecule has 5 nitrogen and oxygen atoms in total. The maximum absolute atomic E-state index is 12.5. The second kappa shape index (κ2) is 11.6. The predicted molar refractivity (Wildman–Crippen MR) is 121 cm³/mol. The fourth-order valence-corrected chi connectivity index (χ4v) is 4.45. The van der Waals surface area contributed by atoms with Crippen LogP contribution in [0, 0.1) is 17.8 Å². The maximum atomic E-state index is 12.5. The molecule has 5 heteroatoms. The average molecular weight is 420 g/mol. The molecule has 30 heavy (non-hydrogen) atoms. The number of hydrogen-bond acceptors (Lipinski definition) is 5. The Labute approximate surface area is 182 Å². The summed E-state index contributed by atoms with van der Waals surface area (Å²) in [7, 11) is 3.34. The lowest BCUT2D eigenvalue weighted by molar-refractivity contribution is -0.155. The van der Waals surface area contributed by atoms with Crippen LogP contribution in [-0.4, -0.2) is 32.8 Å². The normalized spacial score (nSPS) is 21.7. The van der Waals surface area contributed by atoms with Gasteiger partial charge in [0.25, 0.3) is 0 Å². The molecule has 1 aliphatic heterocycles. The minimum absolute atomic E-state index is 0.0625. The first kappa shape index (κ1) is 24.5. The van der Waals surface area contributed by atoms with Crippen LogP contribution in [0.1, 0.15) is 77.5 Å². The van der Waals surface area contributed by atoms with Crippen molar-refractivity contribution in [3.63, 3.8) is 0 Å². The Kier molecular flexibility index (Phi) is 9.47. The van der Waals surface area contributed by atoms with E-state index in [4.69, 9.17) is 14.2 Å². The van der Waals surface area contributed by atoms with E-state index in [0.717, 1.165) is 43.7 Å². The van der Waals surface area contributed by atoms with Crippen molar-refractivity contribution < 1.29 is 19.0 Å². The van der Waals surface area contributed by atoms with E-state index in [1.165, 1.54) is 11.1 Å². The predicted octanol–water partition coefficient (Wildman–Crippen LogP) is 5.31. The van der Waals surface area contributed by atoms with Gasteiger partial charge in [0.2, 0.25) is 0 Å². The Morgan fingerprint density at radius 1 is 1.10 bits per heavy atom. The number of esters is 1. The summed E-state index contributed by atoms with van der Waals surface area (Å²) in [4.78, 5) is 12.5. The van der Waals surface area contributed by atoms with Crippen LogP contribution in [0.15, 0.2) is 12.1 Å². The highest BCUT2D eigenvalue weighted by atomic mass is 16.5. The van der Waals surface area contributed by atoms with Crippen molar-refractivity contribution in [3.8, 4) is 11.5 Å². The van der Waals surface area contributed by atoms with E-state index in [0.29, 0.717) is 24.2 Å². The first-order valence-corrected chi connectivity index (χ1v) is 11.5. The number of carbonyl (C=O) groups is 1. The van der Waals surface area contributed by atoms with Gasteiger partial charge in [-0.05, 0) is 47.9 Å². The molecule has 1 fully saturated rings. The van der Waals surface area contributed by atoms with Crippen LogP contribution in [-0.2, 0) is 16.0 Å². The molecule has 1 aromatic rings. The Balaban J connectivity index is 2.30. The van der Waals surface area contributed by atoms with E-state index in [2.05, 4.69) is 52.1 Å². The summed E-state index contributed by atoms with van der Waals surface area (Å²) < 4.78 is 17.1. The zero-order valence-electron chi connectivity index (χ0n) is 19.9. The van der Waals surface area contributed by atoms with Gasteiger partial charge in [0.05, 0.1) is 14.2 Å². The Bertz CT molecular complexity index is 686. The lowest BCUT2D eigenvalue weighted by atomic mass is 9.82. The Morgan fingerprint density at radius 2 is 1.77 bits per heavy atom. The molecule has 1 aliphatic rings. The third-order valence-corrected chi connectivity index (χ3v) is 5.79. The van der Waals surface area contributed by atoms with E-state index in [-0.39, 0.29) is 18.1 Å². The molecule has 1 N–H and O–H groups in total. The summed E-state index contributed by atoms with van der Waals surface area (Å²) in [5, 5.41) is 3.73. The van der Waals surface area contributed by atoms with Crippen LogP contribution < -0.4 is 14.8 Å². The summed E-state index contributed by atoms with van der Waals surface area (Å²) >= 11 is 0. The SMILES string of the molecule is CCCc1cc(OC)c(OC)cc1[C@H]1C[C@@H](OC(=O)CC(C)C)[C@H](CC(C)C)CN1. The van der Waals surface area contributed by atoms with E-state index >= 15 is 0 Å². The number of methoxy groups -OCH3 is 2. The van der Waals surface area contributed by atoms with Crippen LogP contribution in [0.25, 0.3) is 0 Å². The van der Waals surface area contributed by atoms with Gasteiger partial charge < -0.3 is 19.5 Å². The number of nitrogens with one attached hydrogen (secondary N) is 1. The van der Waals surface area contributed by atoms with Gasteiger partial charge in [-0.1, -0.05) is 41.0 Å². The molecule has 0 aliphatic carbocycles. The molecule has 170 valence electrons. The number of piperidine rings is 1. The first-order chi connectivity index (χ1) is 14.3. The maximum Gasteiger partial charge on any atom is 0.306 e. The third kappa shape index (κ3) is 6.63. The number of aryl methyl sites for hydroxylation is 1. The number of rotatable bonds is 10. The van der Waals surface area contributed by atoms with Crippen molar-refractivity contribution in [3.05, 3.63) is 23.3 Å². The minimum atomic E-state index is -0.0782. The van der Waals surface area contributed by atoms with Crippen molar-refractivity contribution in [1.29, 1.82) is 0 Å².